The van der Waals surface area contributed by atoms with Crippen molar-refractivity contribution in [3.05, 3.63) is 0 Å². The van der Waals surface area contributed by atoms with Crippen molar-refractivity contribution >= 4 is 10.1 Å². The Hall–Kier alpha value is -0.130. The van der Waals surface area contributed by atoms with E-state index in [1.165, 1.54) is 44.9 Å². The van der Waals surface area contributed by atoms with E-state index in [0.717, 1.165) is 44.9 Å². The molecule has 0 fully saturated rings. The Morgan fingerprint density at radius 3 is 1.44 bits per heavy atom. The standard InChI is InChI=1S/C20H42O4S/c1-3-5-7-9-10-11-12-13-14-15-17-19(21)20(25(22,23)24)18-16-8-6-4-2/h19-21H,3-18H2,1-2H3,(H,22,23,24). The number of hydrogen-bond acceptors (Lipinski definition) is 3. The molecule has 152 valence electrons. The summed E-state index contributed by atoms with van der Waals surface area (Å²) in [6.45, 7) is 4.33. The van der Waals surface area contributed by atoms with Gasteiger partial charge in [0.25, 0.3) is 10.1 Å². The molecular weight excluding hydrogens is 336 g/mol. The van der Waals surface area contributed by atoms with Crippen LogP contribution in [0.2, 0.25) is 0 Å². The summed E-state index contributed by atoms with van der Waals surface area (Å²) in [6, 6.07) is 0. The minimum absolute atomic E-state index is 0.359. The first kappa shape index (κ1) is 24.9. The number of aliphatic hydroxyl groups is 1. The molecule has 0 aliphatic carbocycles. The van der Waals surface area contributed by atoms with Crippen molar-refractivity contribution in [1.29, 1.82) is 0 Å². The molecule has 0 saturated heterocycles. The zero-order valence-corrected chi connectivity index (χ0v) is 17.4. The van der Waals surface area contributed by atoms with E-state index in [2.05, 4.69) is 13.8 Å². The van der Waals surface area contributed by atoms with Gasteiger partial charge >= 0.3 is 0 Å². The number of rotatable bonds is 18. The Morgan fingerprint density at radius 1 is 0.640 bits per heavy atom. The molecule has 0 aromatic heterocycles. The van der Waals surface area contributed by atoms with Gasteiger partial charge in [-0.15, -0.1) is 0 Å². The summed E-state index contributed by atoms with van der Waals surface area (Å²) in [5.41, 5.74) is 0. The van der Waals surface area contributed by atoms with E-state index in [4.69, 9.17) is 0 Å². The van der Waals surface area contributed by atoms with Crippen molar-refractivity contribution in [3.63, 3.8) is 0 Å². The minimum atomic E-state index is -4.16. The molecule has 2 atom stereocenters. The normalized spacial score (nSPS) is 14.6. The first-order chi connectivity index (χ1) is 11.9. The summed E-state index contributed by atoms with van der Waals surface area (Å²) >= 11 is 0. The average molecular weight is 379 g/mol. The van der Waals surface area contributed by atoms with Crippen molar-refractivity contribution < 1.29 is 18.1 Å². The SMILES string of the molecule is CCCCCCCCCCCCC(O)C(CCCCCC)S(=O)(=O)O. The minimum Gasteiger partial charge on any atom is -0.392 e. The van der Waals surface area contributed by atoms with Crippen LogP contribution >= 0.6 is 0 Å². The molecule has 0 aliphatic heterocycles. The number of aliphatic hydroxyl groups excluding tert-OH is 1. The lowest BCUT2D eigenvalue weighted by molar-refractivity contribution is 0.146. The van der Waals surface area contributed by atoms with Crippen LogP contribution in [-0.4, -0.2) is 29.4 Å². The van der Waals surface area contributed by atoms with E-state index in [-0.39, 0.29) is 0 Å². The van der Waals surface area contributed by atoms with Crippen LogP contribution in [0.3, 0.4) is 0 Å². The Balaban J connectivity index is 3.82. The predicted molar refractivity (Wildman–Crippen MR) is 107 cm³/mol. The van der Waals surface area contributed by atoms with Gasteiger partial charge in [-0.3, -0.25) is 4.55 Å². The first-order valence-corrected chi connectivity index (χ1v) is 12.1. The quantitative estimate of drug-likeness (QED) is 0.230. The second kappa shape index (κ2) is 16.1. The van der Waals surface area contributed by atoms with E-state index >= 15 is 0 Å². The summed E-state index contributed by atoms with van der Waals surface area (Å²) in [6.07, 6.45) is 15.8. The molecular formula is C20H42O4S. The Labute approximate surface area is 156 Å². The lowest BCUT2D eigenvalue weighted by Gasteiger charge is -2.20. The Morgan fingerprint density at radius 2 is 1.00 bits per heavy atom. The van der Waals surface area contributed by atoms with Gasteiger partial charge in [-0.25, -0.2) is 0 Å². The third-order valence-corrected chi connectivity index (χ3v) is 6.32. The van der Waals surface area contributed by atoms with Crippen LogP contribution < -0.4 is 0 Å². The highest BCUT2D eigenvalue weighted by atomic mass is 32.2. The van der Waals surface area contributed by atoms with Gasteiger partial charge in [-0.05, 0) is 12.8 Å². The fourth-order valence-corrected chi connectivity index (χ4v) is 4.34. The maximum atomic E-state index is 11.5. The summed E-state index contributed by atoms with van der Waals surface area (Å²) in [7, 11) is -4.16. The first-order valence-electron chi connectivity index (χ1n) is 10.6. The molecule has 0 saturated carbocycles. The van der Waals surface area contributed by atoms with E-state index in [0.29, 0.717) is 12.8 Å². The van der Waals surface area contributed by atoms with E-state index in [1.807, 2.05) is 0 Å². The molecule has 0 aromatic carbocycles. The van der Waals surface area contributed by atoms with E-state index in [9.17, 15) is 18.1 Å². The highest BCUT2D eigenvalue weighted by molar-refractivity contribution is 7.86. The molecule has 0 heterocycles. The van der Waals surface area contributed by atoms with Crippen LogP contribution in [0.4, 0.5) is 0 Å². The summed E-state index contributed by atoms with van der Waals surface area (Å²) in [4.78, 5) is 0. The lowest BCUT2D eigenvalue weighted by Crippen LogP contribution is -2.33. The molecule has 0 amide bonds. The molecule has 0 aromatic rings. The highest BCUT2D eigenvalue weighted by Gasteiger charge is 2.29. The van der Waals surface area contributed by atoms with Crippen LogP contribution in [0.15, 0.2) is 0 Å². The van der Waals surface area contributed by atoms with Gasteiger partial charge in [0.05, 0.1) is 6.10 Å². The van der Waals surface area contributed by atoms with Gasteiger partial charge < -0.3 is 5.11 Å². The molecule has 0 spiro atoms. The number of unbranched alkanes of at least 4 members (excludes halogenated alkanes) is 12. The molecule has 0 bridgehead atoms. The maximum Gasteiger partial charge on any atom is 0.270 e. The van der Waals surface area contributed by atoms with Crippen molar-refractivity contribution in [3.8, 4) is 0 Å². The Kier molecular flexibility index (Phi) is 16.0. The van der Waals surface area contributed by atoms with Crippen LogP contribution in [-0.2, 0) is 10.1 Å². The monoisotopic (exact) mass is 378 g/mol. The lowest BCUT2D eigenvalue weighted by atomic mass is 10.0. The highest BCUT2D eigenvalue weighted by Crippen LogP contribution is 2.19. The molecule has 5 heteroatoms. The van der Waals surface area contributed by atoms with Crippen LogP contribution in [0.25, 0.3) is 0 Å². The van der Waals surface area contributed by atoms with Gasteiger partial charge in [0, 0.05) is 0 Å². The van der Waals surface area contributed by atoms with Gasteiger partial charge in [0.15, 0.2) is 0 Å². The summed E-state index contributed by atoms with van der Waals surface area (Å²) < 4.78 is 32.4. The van der Waals surface area contributed by atoms with Crippen molar-refractivity contribution in [1.82, 2.24) is 0 Å². The van der Waals surface area contributed by atoms with Crippen molar-refractivity contribution in [2.45, 2.75) is 128 Å². The third-order valence-electron chi connectivity index (χ3n) is 5.01. The predicted octanol–water partition coefficient (Wildman–Crippen LogP) is 5.89. The molecule has 4 nitrogen and oxygen atoms in total. The van der Waals surface area contributed by atoms with E-state index < -0.39 is 21.5 Å². The zero-order valence-electron chi connectivity index (χ0n) is 16.6. The van der Waals surface area contributed by atoms with Gasteiger partial charge in [-0.2, -0.15) is 8.42 Å². The smallest absolute Gasteiger partial charge is 0.270 e. The largest absolute Gasteiger partial charge is 0.392 e. The van der Waals surface area contributed by atoms with Crippen LogP contribution in [0.1, 0.15) is 117 Å². The third kappa shape index (κ3) is 14.7. The second-order valence-electron chi connectivity index (χ2n) is 7.44. The van der Waals surface area contributed by atoms with E-state index in [1.54, 1.807) is 0 Å². The molecule has 0 radical (unpaired) electrons. The topological polar surface area (TPSA) is 74.6 Å². The molecule has 2 unspecified atom stereocenters. The second-order valence-corrected chi connectivity index (χ2v) is 9.08. The van der Waals surface area contributed by atoms with Crippen molar-refractivity contribution in [2.24, 2.45) is 0 Å². The molecule has 0 aliphatic rings. The van der Waals surface area contributed by atoms with Crippen LogP contribution in [0, 0.1) is 0 Å². The average Bonchev–Trinajstić information content (AvgIpc) is 2.55. The van der Waals surface area contributed by atoms with Gasteiger partial charge in [-0.1, -0.05) is 104 Å². The number of hydrogen-bond donors (Lipinski definition) is 2. The summed E-state index contributed by atoms with van der Waals surface area (Å²) in [5, 5.41) is 9.17. The Bertz CT molecular complexity index is 381. The maximum absolute atomic E-state index is 11.5. The molecule has 25 heavy (non-hydrogen) atoms. The van der Waals surface area contributed by atoms with Gasteiger partial charge in [0.2, 0.25) is 0 Å². The summed E-state index contributed by atoms with van der Waals surface area (Å²) in [5.74, 6) is 0. The zero-order chi connectivity index (χ0) is 19.0. The molecule has 2 N–H and O–H groups in total. The van der Waals surface area contributed by atoms with Gasteiger partial charge in [0.1, 0.15) is 5.25 Å². The van der Waals surface area contributed by atoms with Crippen LogP contribution in [0.5, 0.6) is 0 Å². The van der Waals surface area contributed by atoms with Crippen molar-refractivity contribution in [2.75, 3.05) is 0 Å². The molecule has 0 rings (SSSR count). The fourth-order valence-electron chi connectivity index (χ4n) is 3.34. The fraction of sp³-hybridized carbons (Fsp3) is 1.00.